The van der Waals surface area contributed by atoms with Crippen molar-refractivity contribution < 1.29 is 13.3 Å². The van der Waals surface area contributed by atoms with Crippen molar-refractivity contribution in [1.29, 1.82) is 0 Å². The van der Waals surface area contributed by atoms with Gasteiger partial charge in [0.2, 0.25) is 5.95 Å². The summed E-state index contributed by atoms with van der Waals surface area (Å²) in [5, 5.41) is 4.22. The first kappa shape index (κ1) is 25.7. The van der Waals surface area contributed by atoms with Crippen LogP contribution in [0.3, 0.4) is 0 Å². The third-order valence-corrected chi connectivity index (χ3v) is 8.11. The lowest BCUT2D eigenvalue weighted by molar-refractivity contribution is 0.0853. The number of hydrogen-bond donors (Lipinski definition) is 2. The van der Waals surface area contributed by atoms with Crippen LogP contribution in [0.15, 0.2) is 30.5 Å². The fourth-order valence-corrected chi connectivity index (χ4v) is 5.93. The second-order valence-electron chi connectivity index (χ2n) is 8.98. The molecule has 0 spiro atoms. The van der Waals surface area contributed by atoms with Gasteiger partial charge in [-0.2, -0.15) is 0 Å². The first-order valence-electron chi connectivity index (χ1n) is 12.1. The molecule has 1 fully saturated rings. The van der Waals surface area contributed by atoms with E-state index in [1.54, 1.807) is 35.7 Å². The number of hydrogen-bond acceptors (Lipinski definition) is 7. The van der Waals surface area contributed by atoms with E-state index in [-0.39, 0.29) is 11.6 Å². The standard InChI is InChI=1S/C25H32FN5O2S2/c1-4-14-35(32)31-19-7-5-6-18(21(19)26)22-23(34-24(30-22)17-9-12-33-13-10-17)20-8-11-27-25(29-20)28-15-16(2)3/h5-8,11,16-17,31H,4,9-10,12-15H2,1-3H3,(H,27,28,29). The van der Waals surface area contributed by atoms with Gasteiger partial charge >= 0.3 is 0 Å². The zero-order valence-electron chi connectivity index (χ0n) is 20.3. The molecule has 1 atom stereocenters. The minimum Gasteiger partial charge on any atom is -0.381 e. The van der Waals surface area contributed by atoms with Crippen LogP contribution in [0.5, 0.6) is 0 Å². The highest BCUT2D eigenvalue weighted by Crippen LogP contribution is 2.42. The van der Waals surface area contributed by atoms with Crippen molar-refractivity contribution in [3.63, 3.8) is 0 Å². The molecule has 0 amide bonds. The van der Waals surface area contributed by atoms with Crippen LogP contribution >= 0.6 is 11.3 Å². The third kappa shape index (κ3) is 6.42. The minimum absolute atomic E-state index is 0.211. The van der Waals surface area contributed by atoms with Crippen molar-refractivity contribution in [3.05, 3.63) is 41.3 Å². The summed E-state index contributed by atoms with van der Waals surface area (Å²) in [6.45, 7) is 8.33. The lowest BCUT2D eigenvalue weighted by Gasteiger charge is -2.19. The molecule has 3 heterocycles. The maximum atomic E-state index is 15.7. The predicted octanol–water partition coefficient (Wildman–Crippen LogP) is 5.85. The molecule has 0 radical (unpaired) electrons. The molecule has 1 unspecified atom stereocenters. The number of rotatable bonds is 10. The van der Waals surface area contributed by atoms with Gasteiger partial charge in [0.1, 0.15) is 11.0 Å². The van der Waals surface area contributed by atoms with Crippen LogP contribution < -0.4 is 10.0 Å². The molecule has 10 heteroatoms. The van der Waals surface area contributed by atoms with Gasteiger partial charge in [-0.1, -0.05) is 26.8 Å². The Morgan fingerprint density at radius 3 is 2.77 bits per heavy atom. The highest BCUT2D eigenvalue weighted by molar-refractivity contribution is 7.86. The molecule has 1 aliphatic rings. The predicted molar refractivity (Wildman–Crippen MR) is 142 cm³/mol. The summed E-state index contributed by atoms with van der Waals surface area (Å²) in [4.78, 5) is 14.8. The number of aromatic nitrogens is 3. The third-order valence-electron chi connectivity index (χ3n) is 5.64. The number of thiazole rings is 1. The molecule has 4 rings (SSSR count). The Balaban J connectivity index is 1.76. The van der Waals surface area contributed by atoms with Crippen molar-refractivity contribution in [2.75, 3.05) is 35.6 Å². The summed E-state index contributed by atoms with van der Waals surface area (Å²) in [5.74, 6) is 1.24. The van der Waals surface area contributed by atoms with Gasteiger partial charge in [0, 0.05) is 43.2 Å². The van der Waals surface area contributed by atoms with Crippen LogP contribution in [0.25, 0.3) is 21.8 Å². The Morgan fingerprint density at radius 1 is 1.23 bits per heavy atom. The molecule has 0 aliphatic carbocycles. The van der Waals surface area contributed by atoms with Gasteiger partial charge in [-0.05, 0) is 43.4 Å². The zero-order chi connectivity index (χ0) is 24.8. The first-order valence-corrected chi connectivity index (χ1v) is 14.2. The van der Waals surface area contributed by atoms with E-state index < -0.39 is 16.8 Å². The molecule has 3 aromatic rings. The fourth-order valence-electron chi connectivity index (χ4n) is 3.83. The van der Waals surface area contributed by atoms with Crippen LogP contribution in [0.2, 0.25) is 0 Å². The highest BCUT2D eigenvalue weighted by Gasteiger charge is 2.26. The molecular formula is C25H32FN5O2S2. The minimum atomic E-state index is -1.35. The maximum Gasteiger partial charge on any atom is 0.223 e. The molecule has 1 saturated heterocycles. The van der Waals surface area contributed by atoms with E-state index in [1.165, 1.54) is 0 Å². The summed E-state index contributed by atoms with van der Waals surface area (Å²) < 4.78 is 36.3. The van der Waals surface area contributed by atoms with Crippen molar-refractivity contribution in [2.45, 2.75) is 46.0 Å². The van der Waals surface area contributed by atoms with E-state index in [4.69, 9.17) is 14.7 Å². The fraction of sp³-hybridized carbons (Fsp3) is 0.480. The Hall–Kier alpha value is -2.43. The van der Waals surface area contributed by atoms with E-state index in [1.807, 2.05) is 13.0 Å². The first-order chi connectivity index (χ1) is 17.0. The monoisotopic (exact) mass is 517 g/mol. The Bertz CT molecular complexity index is 1160. The van der Waals surface area contributed by atoms with Crippen LogP contribution in [-0.2, 0) is 15.7 Å². The van der Waals surface area contributed by atoms with E-state index >= 15 is 4.39 Å². The summed E-state index contributed by atoms with van der Waals surface area (Å²) in [6.07, 6.45) is 4.23. The summed E-state index contributed by atoms with van der Waals surface area (Å²) in [5.41, 5.74) is 1.82. The van der Waals surface area contributed by atoms with Crippen LogP contribution in [0, 0.1) is 11.7 Å². The summed E-state index contributed by atoms with van der Waals surface area (Å²) >= 11 is 1.55. The van der Waals surface area contributed by atoms with Crippen LogP contribution in [0.1, 0.15) is 51.0 Å². The maximum absolute atomic E-state index is 15.7. The van der Waals surface area contributed by atoms with Gasteiger partial charge in [0.15, 0.2) is 5.82 Å². The molecule has 1 aliphatic heterocycles. The molecule has 35 heavy (non-hydrogen) atoms. The van der Waals surface area contributed by atoms with E-state index in [9.17, 15) is 4.21 Å². The number of nitrogens with one attached hydrogen (secondary N) is 2. The lowest BCUT2D eigenvalue weighted by atomic mass is 10.0. The van der Waals surface area contributed by atoms with Crippen molar-refractivity contribution in [1.82, 2.24) is 15.0 Å². The van der Waals surface area contributed by atoms with Crippen molar-refractivity contribution >= 4 is 34.0 Å². The molecule has 7 nitrogen and oxygen atoms in total. The quantitative estimate of drug-likeness (QED) is 0.350. The lowest BCUT2D eigenvalue weighted by Crippen LogP contribution is -2.13. The number of halogens is 1. The topological polar surface area (TPSA) is 89.0 Å². The average Bonchev–Trinajstić information content (AvgIpc) is 3.30. The second kappa shape index (κ2) is 12.0. The smallest absolute Gasteiger partial charge is 0.223 e. The molecule has 2 N–H and O–H groups in total. The van der Waals surface area contributed by atoms with Crippen molar-refractivity contribution in [2.24, 2.45) is 5.92 Å². The summed E-state index contributed by atoms with van der Waals surface area (Å²) in [7, 11) is -1.35. The average molecular weight is 518 g/mol. The number of anilines is 2. The van der Waals surface area contributed by atoms with E-state index in [0.717, 1.165) is 35.7 Å². The molecule has 0 bridgehead atoms. The Labute approximate surface area is 212 Å². The number of nitrogens with zero attached hydrogens (tertiary/aromatic N) is 3. The van der Waals surface area contributed by atoms with Gasteiger partial charge < -0.3 is 14.8 Å². The van der Waals surface area contributed by atoms with Crippen LogP contribution in [-0.4, -0.2) is 44.7 Å². The molecule has 1 aromatic carbocycles. The zero-order valence-corrected chi connectivity index (χ0v) is 22.0. The van der Waals surface area contributed by atoms with Gasteiger partial charge in [-0.25, -0.2) is 23.6 Å². The van der Waals surface area contributed by atoms with Gasteiger partial charge in [0.25, 0.3) is 0 Å². The highest BCUT2D eigenvalue weighted by atomic mass is 32.2. The molecule has 2 aromatic heterocycles. The Morgan fingerprint density at radius 2 is 2.03 bits per heavy atom. The summed E-state index contributed by atoms with van der Waals surface area (Å²) in [6, 6.07) is 6.92. The molecule has 188 valence electrons. The SMILES string of the molecule is CCCS(=O)Nc1cccc(-c2nc(C3CCOCC3)sc2-c2ccnc(NCC(C)C)n2)c1F. The van der Waals surface area contributed by atoms with Crippen molar-refractivity contribution in [3.8, 4) is 21.8 Å². The number of benzene rings is 1. The second-order valence-corrected chi connectivity index (χ2v) is 11.3. The number of ether oxygens (including phenoxy) is 1. The van der Waals surface area contributed by atoms with E-state index in [0.29, 0.717) is 47.8 Å². The Kier molecular flexibility index (Phi) is 8.80. The van der Waals surface area contributed by atoms with Gasteiger partial charge in [-0.3, -0.25) is 0 Å². The van der Waals surface area contributed by atoms with Gasteiger partial charge in [0.05, 0.1) is 27.0 Å². The largest absolute Gasteiger partial charge is 0.381 e. The molecule has 0 saturated carbocycles. The molecular weight excluding hydrogens is 485 g/mol. The normalized spacial score (nSPS) is 15.3. The van der Waals surface area contributed by atoms with Crippen LogP contribution in [0.4, 0.5) is 16.0 Å². The van der Waals surface area contributed by atoms with Gasteiger partial charge in [-0.15, -0.1) is 11.3 Å². The van der Waals surface area contributed by atoms with E-state index in [2.05, 4.69) is 28.9 Å².